The standard InChI is InChI=1S/C22H27Cl2O3P/c1-16(25)22(27-15-17-7-5-4-6-8-17)12-10-19(28(2,3)26)13-18-9-11-20(23)21(24)14-18/h4-9,11,14,19,22H,10,12-13,15H2,1-3H3. The van der Waals surface area contributed by atoms with Crippen molar-refractivity contribution in [1.82, 2.24) is 0 Å². The van der Waals surface area contributed by atoms with E-state index in [-0.39, 0.29) is 11.4 Å². The molecule has 0 amide bonds. The van der Waals surface area contributed by atoms with Crippen molar-refractivity contribution in [1.29, 1.82) is 0 Å². The topological polar surface area (TPSA) is 43.4 Å². The molecule has 0 saturated heterocycles. The van der Waals surface area contributed by atoms with E-state index < -0.39 is 13.2 Å². The summed E-state index contributed by atoms with van der Waals surface area (Å²) >= 11 is 12.1. The van der Waals surface area contributed by atoms with E-state index >= 15 is 0 Å². The van der Waals surface area contributed by atoms with Crippen LogP contribution in [0.3, 0.4) is 0 Å². The molecule has 3 nitrogen and oxygen atoms in total. The highest BCUT2D eigenvalue weighted by Crippen LogP contribution is 2.46. The van der Waals surface area contributed by atoms with Crippen molar-refractivity contribution >= 4 is 36.1 Å². The van der Waals surface area contributed by atoms with Gasteiger partial charge in [-0.3, -0.25) is 4.79 Å². The first-order chi connectivity index (χ1) is 13.2. The zero-order chi connectivity index (χ0) is 20.7. The third-order valence-corrected chi connectivity index (χ3v) is 7.78. The summed E-state index contributed by atoms with van der Waals surface area (Å²) < 4.78 is 18.7. The van der Waals surface area contributed by atoms with Crippen molar-refractivity contribution in [2.45, 2.75) is 44.6 Å². The van der Waals surface area contributed by atoms with Crippen LogP contribution < -0.4 is 0 Å². The molecule has 0 radical (unpaired) electrons. The number of halogens is 2. The van der Waals surface area contributed by atoms with Gasteiger partial charge in [0.1, 0.15) is 6.10 Å². The Labute approximate surface area is 177 Å². The summed E-state index contributed by atoms with van der Waals surface area (Å²) in [5.74, 6) is -0.00810. The van der Waals surface area contributed by atoms with Crippen LogP contribution in [0.5, 0.6) is 0 Å². The Morgan fingerprint density at radius 2 is 1.68 bits per heavy atom. The van der Waals surface area contributed by atoms with Crippen molar-refractivity contribution in [2.24, 2.45) is 0 Å². The molecule has 0 aliphatic carbocycles. The van der Waals surface area contributed by atoms with Crippen LogP contribution in [-0.2, 0) is 27.1 Å². The molecule has 28 heavy (non-hydrogen) atoms. The first kappa shape index (κ1) is 23.2. The van der Waals surface area contributed by atoms with Gasteiger partial charge in [-0.15, -0.1) is 0 Å². The molecule has 2 atom stereocenters. The van der Waals surface area contributed by atoms with Crippen LogP contribution in [0.2, 0.25) is 10.0 Å². The summed E-state index contributed by atoms with van der Waals surface area (Å²) in [7, 11) is -2.37. The van der Waals surface area contributed by atoms with E-state index in [0.29, 0.717) is 35.9 Å². The largest absolute Gasteiger partial charge is 0.366 e. The first-order valence-electron chi connectivity index (χ1n) is 9.31. The summed E-state index contributed by atoms with van der Waals surface area (Å²) in [4.78, 5) is 12.0. The van der Waals surface area contributed by atoms with E-state index in [4.69, 9.17) is 27.9 Å². The minimum atomic E-state index is -2.37. The Balaban J connectivity index is 2.02. The number of carbonyl (C=O) groups is 1. The predicted molar refractivity (Wildman–Crippen MR) is 118 cm³/mol. The number of Topliss-reactive ketones (excluding diaryl/α,β-unsaturated/α-hetero) is 1. The molecule has 0 aliphatic rings. The lowest BCUT2D eigenvalue weighted by atomic mass is 10.0. The molecule has 0 bridgehead atoms. The molecule has 2 unspecified atom stereocenters. The molecule has 2 aromatic carbocycles. The fraction of sp³-hybridized carbons (Fsp3) is 0.409. The third kappa shape index (κ3) is 7.37. The van der Waals surface area contributed by atoms with Crippen molar-refractivity contribution in [3.8, 4) is 0 Å². The van der Waals surface area contributed by atoms with Gasteiger partial charge in [-0.05, 0) is 62.8 Å². The van der Waals surface area contributed by atoms with Gasteiger partial charge < -0.3 is 9.30 Å². The number of ketones is 1. The van der Waals surface area contributed by atoms with Crippen LogP contribution in [0, 0.1) is 0 Å². The van der Waals surface area contributed by atoms with Gasteiger partial charge >= 0.3 is 0 Å². The number of benzene rings is 2. The highest BCUT2D eigenvalue weighted by molar-refractivity contribution is 7.63. The van der Waals surface area contributed by atoms with E-state index in [9.17, 15) is 9.36 Å². The van der Waals surface area contributed by atoms with Crippen molar-refractivity contribution in [3.63, 3.8) is 0 Å². The van der Waals surface area contributed by atoms with Crippen LogP contribution in [0.15, 0.2) is 48.5 Å². The zero-order valence-corrected chi connectivity index (χ0v) is 18.9. The van der Waals surface area contributed by atoms with E-state index in [0.717, 1.165) is 11.1 Å². The van der Waals surface area contributed by atoms with Crippen LogP contribution in [-0.4, -0.2) is 30.9 Å². The molecular weight excluding hydrogens is 414 g/mol. The average molecular weight is 441 g/mol. The second kappa shape index (κ2) is 10.6. The Kier molecular flexibility index (Phi) is 8.77. The third-order valence-electron chi connectivity index (χ3n) is 4.84. The number of hydrogen-bond donors (Lipinski definition) is 0. The van der Waals surface area contributed by atoms with Gasteiger partial charge in [-0.2, -0.15) is 0 Å². The number of rotatable bonds is 10. The fourth-order valence-corrected chi connectivity index (χ4v) is 4.83. The Bertz CT molecular complexity index is 833. The normalized spacial score (nSPS) is 13.9. The van der Waals surface area contributed by atoms with Gasteiger partial charge in [0, 0.05) is 5.66 Å². The summed E-state index contributed by atoms with van der Waals surface area (Å²) in [5, 5.41) is 0.997. The molecule has 0 fully saturated rings. The number of carbonyl (C=O) groups excluding carboxylic acids is 1. The first-order valence-corrected chi connectivity index (χ1v) is 12.7. The van der Waals surface area contributed by atoms with E-state index in [1.165, 1.54) is 0 Å². The van der Waals surface area contributed by atoms with Gasteiger partial charge in [-0.25, -0.2) is 0 Å². The second-order valence-electron chi connectivity index (χ2n) is 7.51. The SMILES string of the molecule is CC(=O)C(CCC(Cc1ccc(Cl)c(Cl)c1)P(C)(C)=O)OCc1ccccc1. The summed E-state index contributed by atoms with van der Waals surface area (Å²) in [6.07, 6.45) is 1.32. The molecule has 0 aromatic heterocycles. The van der Waals surface area contributed by atoms with Crippen LogP contribution in [0.25, 0.3) is 0 Å². The average Bonchev–Trinajstić information content (AvgIpc) is 2.63. The molecule has 2 aromatic rings. The van der Waals surface area contributed by atoms with E-state index in [2.05, 4.69) is 0 Å². The molecule has 0 saturated carbocycles. The highest BCUT2D eigenvalue weighted by Gasteiger charge is 2.26. The van der Waals surface area contributed by atoms with Crippen LogP contribution in [0.4, 0.5) is 0 Å². The lowest BCUT2D eigenvalue weighted by Crippen LogP contribution is -2.24. The van der Waals surface area contributed by atoms with E-state index in [1.54, 1.807) is 26.3 Å². The molecule has 6 heteroatoms. The quantitative estimate of drug-likeness (QED) is 0.396. The minimum absolute atomic E-state index is 0.00810. The number of hydrogen-bond acceptors (Lipinski definition) is 3. The van der Waals surface area contributed by atoms with Gasteiger partial charge in [0.15, 0.2) is 5.78 Å². The van der Waals surface area contributed by atoms with Crippen LogP contribution >= 0.6 is 30.3 Å². The van der Waals surface area contributed by atoms with Crippen LogP contribution in [0.1, 0.15) is 30.9 Å². The van der Waals surface area contributed by atoms with Gasteiger partial charge in [0.25, 0.3) is 0 Å². The van der Waals surface area contributed by atoms with Gasteiger partial charge in [0.2, 0.25) is 0 Å². The number of ether oxygens (including phenoxy) is 1. The maximum absolute atomic E-state index is 12.8. The lowest BCUT2D eigenvalue weighted by Gasteiger charge is -2.24. The highest BCUT2D eigenvalue weighted by atomic mass is 35.5. The minimum Gasteiger partial charge on any atom is -0.366 e. The zero-order valence-electron chi connectivity index (χ0n) is 16.5. The van der Waals surface area contributed by atoms with Crippen molar-refractivity contribution in [3.05, 3.63) is 69.7 Å². The Morgan fingerprint density at radius 1 is 1.00 bits per heavy atom. The maximum atomic E-state index is 12.8. The fourth-order valence-electron chi connectivity index (χ4n) is 3.09. The van der Waals surface area contributed by atoms with Gasteiger partial charge in [0.05, 0.1) is 23.8 Å². The molecule has 0 spiro atoms. The molecule has 0 N–H and O–H groups in total. The summed E-state index contributed by atoms with van der Waals surface area (Å²) in [6.45, 7) is 5.52. The monoisotopic (exact) mass is 440 g/mol. The Morgan fingerprint density at radius 3 is 2.25 bits per heavy atom. The van der Waals surface area contributed by atoms with E-state index in [1.807, 2.05) is 42.5 Å². The maximum Gasteiger partial charge on any atom is 0.158 e. The second-order valence-corrected chi connectivity index (χ2v) is 11.9. The predicted octanol–water partition coefficient (Wildman–Crippen LogP) is 6.48. The van der Waals surface area contributed by atoms with Gasteiger partial charge in [-0.1, -0.05) is 59.6 Å². The Hall–Kier alpha value is -1.12. The summed E-state index contributed by atoms with van der Waals surface area (Å²) in [5.41, 5.74) is 1.97. The van der Waals surface area contributed by atoms with Crippen molar-refractivity contribution in [2.75, 3.05) is 13.3 Å². The molecule has 2 rings (SSSR count). The molecular formula is C22H27Cl2O3P. The molecule has 0 heterocycles. The van der Waals surface area contributed by atoms with Crippen molar-refractivity contribution < 1.29 is 14.1 Å². The molecule has 152 valence electrons. The smallest absolute Gasteiger partial charge is 0.158 e. The molecule has 0 aliphatic heterocycles. The lowest BCUT2D eigenvalue weighted by molar-refractivity contribution is -0.129. The summed E-state index contributed by atoms with van der Waals surface area (Å²) in [6, 6.07) is 15.3.